The van der Waals surface area contributed by atoms with Gasteiger partial charge in [0.15, 0.2) is 0 Å². The molecule has 1 fully saturated rings. The van der Waals surface area contributed by atoms with E-state index in [0.29, 0.717) is 5.41 Å². The topological polar surface area (TPSA) is 21.3 Å². The molecule has 0 amide bonds. The molecule has 3 heteroatoms. The lowest BCUT2D eigenvalue weighted by molar-refractivity contribution is 0.0132. The largest absolute Gasteiger partial charge is 0.381 e. The van der Waals surface area contributed by atoms with Gasteiger partial charge in [-0.05, 0) is 48.6 Å². The Balaban J connectivity index is 2.34. The first-order valence-corrected chi connectivity index (χ1v) is 8.20. The van der Waals surface area contributed by atoms with E-state index >= 15 is 0 Å². The molecule has 2 nitrogen and oxygen atoms in total. The maximum atomic E-state index is 5.52. The lowest BCUT2D eigenvalue weighted by Gasteiger charge is -2.37. The van der Waals surface area contributed by atoms with Crippen molar-refractivity contribution in [2.24, 2.45) is 11.3 Å². The van der Waals surface area contributed by atoms with E-state index in [1.165, 1.54) is 37.3 Å². The predicted octanol–water partition coefficient (Wildman–Crippen LogP) is 3.17. The predicted molar refractivity (Wildman–Crippen MR) is 77.8 cm³/mol. The third-order valence-electron chi connectivity index (χ3n) is 3.59. The lowest BCUT2D eigenvalue weighted by atomic mass is 9.77. The molecule has 0 spiro atoms. The molecule has 0 unspecified atom stereocenters. The van der Waals surface area contributed by atoms with Gasteiger partial charge in [-0.2, -0.15) is 11.8 Å². The van der Waals surface area contributed by atoms with Crippen molar-refractivity contribution in [3.8, 4) is 0 Å². The Hall–Kier alpha value is 0.270. The highest BCUT2D eigenvalue weighted by Crippen LogP contribution is 2.34. The molecule has 0 atom stereocenters. The summed E-state index contributed by atoms with van der Waals surface area (Å²) in [6, 6.07) is 0. The Morgan fingerprint density at radius 2 is 2.00 bits per heavy atom. The van der Waals surface area contributed by atoms with Gasteiger partial charge in [0.1, 0.15) is 0 Å². The van der Waals surface area contributed by atoms with Crippen LogP contribution in [-0.4, -0.2) is 37.8 Å². The number of hydrogen-bond acceptors (Lipinski definition) is 3. The van der Waals surface area contributed by atoms with Crippen molar-refractivity contribution in [3.63, 3.8) is 0 Å². The smallest absolute Gasteiger partial charge is 0.0471 e. The molecule has 0 aliphatic carbocycles. The minimum absolute atomic E-state index is 0.509. The fourth-order valence-corrected chi connectivity index (χ4v) is 3.24. The second-order valence-corrected chi connectivity index (χ2v) is 6.98. The van der Waals surface area contributed by atoms with Crippen LogP contribution in [0.4, 0.5) is 0 Å². The Labute approximate surface area is 111 Å². The molecule has 0 aromatic heterocycles. The van der Waals surface area contributed by atoms with Gasteiger partial charge in [-0.1, -0.05) is 20.8 Å². The molecule has 102 valence electrons. The monoisotopic (exact) mass is 259 g/mol. The SMILES string of the molecule is CCSCCC1(CNCC(C)C)CCOCC1. The molecule has 1 heterocycles. The lowest BCUT2D eigenvalue weighted by Crippen LogP contribution is -2.40. The maximum absolute atomic E-state index is 5.52. The number of ether oxygens (including phenoxy) is 1. The van der Waals surface area contributed by atoms with Crippen molar-refractivity contribution in [1.29, 1.82) is 0 Å². The second-order valence-electron chi connectivity index (χ2n) is 5.58. The van der Waals surface area contributed by atoms with E-state index in [2.05, 4.69) is 37.8 Å². The molecular weight excluding hydrogens is 230 g/mol. The molecule has 0 radical (unpaired) electrons. The van der Waals surface area contributed by atoms with E-state index in [4.69, 9.17) is 4.74 Å². The summed E-state index contributed by atoms with van der Waals surface area (Å²) < 4.78 is 5.52. The Bertz CT molecular complexity index is 191. The minimum Gasteiger partial charge on any atom is -0.381 e. The number of rotatable bonds is 8. The Kier molecular flexibility index (Phi) is 7.56. The highest BCUT2D eigenvalue weighted by molar-refractivity contribution is 7.99. The molecule has 17 heavy (non-hydrogen) atoms. The van der Waals surface area contributed by atoms with E-state index < -0.39 is 0 Å². The van der Waals surface area contributed by atoms with Crippen LogP contribution in [0.25, 0.3) is 0 Å². The summed E-state index contributed by atoms with van der Waals surface area (Å²) in [7, 11) is 0. The van der Waals surface area contributed by atoms with E-state index in [0.717, 1.165) is 25.7 Å². The van der Waals surface area contributed by atoms with Gasteiger partial charge in [-0.3, -0.25) is 0 Å². The van der Waals surface area contributed by atoms with Crippen LogP contribution in [0, 0.1) is 11.3 Å². The quantitative estimate of drug-likeness (QED) is 0.677. The minimum atomic E-state index is 0.509. The zero-order valence-electron chi connectivity index (χ0n) is 11.8. The fraction of sp³-hybridized carbons (Fsp3) is 1.00. The van der Waals surface area contributed by atoms with Crippen molar-refractivity contribution in [3.05, 3.63) is 0 Å². The standard InChI is InChI=1S/C14H29NOS/c1-4-17-10-7-14(5-8-16-9-6-14)12-15-11-13(2)3/h13,15H,4-12H2,1-3H3. The van der Waals surface area contributed by atoms with Crippen molar-refractivity contribution in [1.82, 2.24) is 5.32 Å². The molecule has 0 aromatic rings. The van der Waals surface area contributed by atoms with Gasteiger partial charge in [0, 0.05) is 19.8 Å². The van der Waals surface area contributed by atoms with Crippen molar-refractivity contribution < 1.29 is 4.74 Å². The summed E-state index contributed by atoms with van der Waals surface area (Å²) in [5.41, 5.74) is 0.509. The first-order valence-electron chi connectivity index (χ1n) is 7.05. The molecule has 0 aromatic carbocycles. The van der Waals surface area contributed by atoms with Crippen LogP contribution in [0.15, 0.2) is 0 Å². The molecule has 0 saturated carbocycles. The van der Waals surface area contributed by atoms with Crippen LogP contribution in [0.3, 0.4) is 0 Å². The average Bonchev–Trinajstić information content (AvgIpc) is 2.30. The molecule has 1 saturated heterocycles. The zero-order chi connectivity index (χ0) is 12.6. The number of hydrogen-bond donors (Lipinski definition) is 1. The summed E-state index contributed by atoms with van der Waals surface area (Å²) in [5.74, 6) is 3.29. The van der Waals surface area contributed by atoms with Gasteiger partial charge in [0.05, 0.1) is 0 Å². The molecular formula is C14H29NOS. The molecule has 1 N–H and O–H groups in total. The number of nitrogens with one attached hydrogen (secondary N) is 1. The molecule has 0 bridgehead atoms. The van der Waals surface area contributed by atoms with Crippen molar-refractivity contribution in [2.45, 2.75) is 40.0 Å². The van der Waals surface area contributed by atoms with Crippen LogP contribution < -0.4 is 5.32 Å². The maximum Gasteiger partial charge on any atom is 0.0471 e. The summed E-state index contributed by atoms with van der Waals surface area (Å²) in [5, 5.41) is 3.66. The third-order valence-corrected chi connectivity index (χ3v) is 4.49. The van der Waals surface area contributed by atoms with Crippen LogP contribution in [0.1, 0.15) is 40.0 Å². The summed E-state index contributed by atoms with van der Waals surface area (Å²) in [4.78, 5) is 0. The van der Waals surface area contributed by atoms with Gasteiger partial charge >= 0.3 is 0 Å². The van der Waals surface area contributed by atoms with Gasteiger partial charge in [0.2, 0.25) is 0 Å². The highest BCUT2D eigenvalue weighted by Gasteiger charge is 2.31. The zero-order valence-corrected chi connectivity index (χ0v) is 12.6. The van der Waals surface area contributed by atoms with Gasteiger partial charge in [-0.15, -0.1) is 0 Å². The fourth-order valence-electron chi connectivity index (χ4n) is 2.38. The Morgan fingerprint density at radius 3 is 2.59 bits per heavy atom. The van der Waals surface area contributed by atoms with Gasteiger partial charge in [-0.25, -0.2) is 0 Å². The summed E-state index contributed by atoms with van der Waals surface area (Å²) in [6.45, 7) is 11.0. The van der Waals surface area contributed by atoms with Crippen molar-refractivity contribution >= 4 is 11.8 Å². The second kappa shape index (κ2) is 8.39. The van der Waals surface area contributed by atoms with E-state index in [1.807, 2.05) is 0 Å². The summed E-state index contributed by atoms with van der Waals surface area (Å²) >= 11 is 2.07. The molecule has 1 aliphatic rings. The van der Waals surface area contributed by atoms with Crippen molar-refractivity contribution in [2.75, 3.05) is 37.8 Å². The first kappa shape index (κ1) is 15.3. The summed E-state index contributed by atoms with van der Waals surface area (Å²) in [6.07, 6.45) is 3.82. The van der Waals surface area contributed by atoms with Crippen LogP contribution in [0.2, 0.25) is 0 Å². The molecule has 1 aliphatic heterocycles. The number of thioether (sulfide) groups is 1. The van der Waals surface area contributed by atoms with Crippen LogP contribution in [0.5, 0.6) is 0 Å². The van der Waals surface area contributed by atoms with Gasteiger partial charge < -0.3 is 10.1 Å². The highest BCUT2D eigenvalue weighted by atomic mass is 32.2. The first-order chi connectivity index (χ1) is 8.18. The average molecular weight is 259 g/mol. The third kappa shape index (κ3) is 6.12. The van der Waals surface area contributed by atoms with Crippen LogP contribution >= 0.6 is 11.8 Å². The van der Waals surface area contributed by atoms with E-state index in [9.17, 15) is 0 Å². The van der Waals surface area contributed by atoms with E-state index in [-0.39, 0.29) is 0 Å². The Morgan fingerprint density at radius 1 is 1.29 bits per heavy atom. The van der Waals surface area contributed by atoms with E-state index in [1.54, 1.807) is 0 Å². The molecule has 1 rings (SSSR count). The van der Waals surface area contributed by atoms with Crippen LogP contribution in [-0.2, 0) is 4.74 Å². The normalized spacial score (nSPS) is 19.8. The van der Waals surface area contributed by atoms with Gasteiger partial charge in [0.25, 0.3) is 0 Å².